The second-order valence-electron chi connectivity index (χ2n) is 2.33. The molecule has 0 saturated heterocycles. The lowest BCUT2D eigenvalue weighted by molar-refractivity contribution is 0.147. The van der Waals surface area contributed by atoms with Crippen LogP contribution in [0, 0.1) is 0 Å². The molecular formula is C9H18OS. The monoisotopic (exact) mass is 174 g/mol. The molecule has 0 rings (SSSR count). The molecule has 0 fully saturated rings. The minimum absolute atomic E-state index is 0.887. The zero-order valence-corrected chi connectivity index (χ0v) is 8.16. The van der Waals surface area contributed by atoms with Crippen molar-refractivity contribution in [2.75, 3.05) is 24.7 Å². The van der Waals surface area contributed by atoms with Crippen LogP contribution in [0.4, 0.5) is 0 Å². The summed E-state index contributed by atoms with van der Waals surface area (Å²) in [5.41, 5.74) is 0. The third-order valence-electron chi connectivity index (χ3n) is 1.25. The molecule has 0 spiro atoms. The fraction of sp³-hybridized carbons (Fsp3) is 0.778. The van der Waals surface area contributed by atoms with E-state index >= 15 is 0 Å². The highest BCUT2D eigenvalue weighted by atomic mass is 32.2. The third-order valence-corrected chi connectivity index (χ3v) is 2.18. The molecule has 0 saturated carbocycles. The SMILES string of the molecule is C=CCSCCOCCCC. The Morgan fingerprint density at radius 3 is 2.91 bits per heavy atom. The highest BCUT2D eigenvalue weighted by Crippen LogP contribution is 1.99. The first-order chi connectivity index (χ1) is 5.41. The van der Waals surface area contributed by atoms with Crippen molar-refractivity contribution in [2.24, 2.45) is 0 Å². The fourth-order valence-electron chi connectivity index (χ4n) is 0.633. The minimum atomic E-state index is 0.887. The maximum absolute atomic E-state index is 5.37. The van der Waals surface area contributed by atoms with Crippen LogP contribution in [0.3, 0.4) is 0 Å². The van der Waals surface area contributed by atoms with Crippen LogP contribution >= 0.6 is 11.8 Å². The van der Waals surface area contributed by atoms with Gasteiger partial charge in [0.25, 0.3) is 0 Å². The van der Waals surface area contributed by atoms with Crippen LogP contribution in [0.2, 0.25) is 0 Å². The number of unbranched alkanes of at least 4 members (excludes halogenated alkanes) is 1. The molecule has 0 amide bonds. The number of hydrogen-bond acceptors (Lipinski definition) is 2. The molecule has 66 valence electrons. The molecule has 0 radical (unpaired) electrons. The molecule has 11 heavy (non-hydrogen) atoms. The Kier molecular flexibility index (Phi) is 10.1. The minimum Gasteiger partial charge on any atom is -0.381 e. The fourth-order valence-corrected chi connectivity index (χ4v) is 1.20. The topological polar surface area (TPSA) is 9.23 Å². The number of thioether (sulfide) groups is 1. The van der Waals surface area contributed by atoms with Gasteiger partial charge in [-0.15, -0.1) is 6.58 Å². The van der Waals surface area contributed by atoms with Crippen LogP contribution in [0.25, 0.3) is 0 Å². The zero-order chi connectivity index (χ0) is 8.36. The summed E-state index contributed by atoms with van der Waals surface area (Å²) in [7, 11) is 0. The zero-order valence-electron chi connectivity index (χ0n) is 7.34. The Morgan fingerprint density at radius 1 is 1.45 bits per heavy atom. The average Bonchev–Trinajstić information content (AvgIpc) is 2.03. The van der Waals surface area contributed by atoms with Gasteiger partial charge in [-0.2, -0.15) is 11.8 Å². The smallest absolute Gasteiger partial charge is 0.0556 e. The Balaban J connectivity index is 2.74. The van der Waals surface area contributed by atoms with Crippen molar-refractivity contribution in [2.45, 2.75) is 19.8 Å². The summed E-state index contributed by atoms with van der Waals surface area (Å²) >= 11 is 1.87. The average molecular weight is 174 g/mol. The van der Waals surface area contributed by atoms with Crippen molar-refractivity contribution in [3.8, 4) is 0 Å². The molecular weight excluding hydrogens is 156 g/mol. The third kappa shape index (κ3) is 10.1. The standard InChI is InChI=1S/C9H18OS/c1-3-5-6-10-7-9-11-8-4-2/h4H,2-3,5-9H2,1H3. The molecule has 0 heterocycles. The van der Waals surface area contributed by atoms with E-state index in [1.54, 1.807) is 0 Å². The van der Waals surface area contributed by atoms with Gasteiger partial charge in [0.2, 0.25) is 0 Å². The van der Waals surface area contributed by atoms with Gasteiger partial charge < -0.3 is 4.74 Å². The lowest BCUT2D eigenvalue weighted by Crippen LogP contribution is -1.98. The predicted molar refractivity (Wildman–Crippen MR) is 53.2 cm³/mol. The lowest BCUT2D eigenvalue weighted by Gasteiger charge is -2.01. The van der Waals surface area contributed by atoms with Gasteiger partial charge in [-0.05, 0) is 6.42 Å². The van der Waals surface area contributed by atoms with Crippen LogP contribution in [0.1, 0.15) is 19.8 Å². The van der Waals surface area contributed by atoms with Crippen LogP contribution in [0.15, 0.2) is 12.7 Å². The number of ether oxygens (including phenoxy) is 1. The van der Waals surface area contributed by atoms with Crippen LogP contribution in [-0.2, 0) is 4.74 Å². The maximum atomic E-state index is 5.37. The summed E-state index contributed by atoms with van der Waals surface area (Å²) in [6.45, 7) is 7.63. The Morgan fingerprint density at radius 2 is 2.27 bits per heavy atom. The van der Waals surface area contributed by atoms with E-state index in [0.717, 1.165) is 24.7 Å². The Labute approximate surface area is 74.2 Å². The summed E-state index contributed by atoms with van der Waals surface area (Å²) in [4.78, 5) is 0. The quantitative estimate of drug-likeness (QED) is 0.413. The van der Waals surface area contributed by atoms with Gasteiger partial charge in [-0.3, -0.25) is 0 Å². The summed E-state index contributed by atoms with van der Waals surface area (Å²) < 4.78 is 5.37. The van der Waals surface area contributed by atoms with E-state index in [1.807, 2.05) is 17.8 Å². The van der Waals surface area contributed by atoms with E-state index < -0.39 is 0 Å². The van der Waals surface area contributed by atoms with Crippen molar-refractivity contribution in [3.63, 3.8) is 0 Å². The molecule has 0 aliphatic carbocycles. The summed E-state index contributed by atoms with van der Waals surface area (Å²) in [5.74, 6) is 2.13. The van der Waals surface area contributed by atoms with Gasteiger partial charge in [0.05, 0.1) is 6.61 Å². The van der Waals surface area contributed by atoms with Gasteiger partial charge >= 0.3 is 0 Å². The molecule has 2 heteroatoms. The molecule has 0 atom stereocenters. The van der Waals surface area contributed by atoms with E-state index in [1.165, 1.54) is 12.8 Å². The van der Waals surface area contributed by atoms with E-state index in [0.29, 0.717) is 0 Å². The molecule has 1 nitrogen and oxygen atoms in total. The Bertz CT molecular complexity index is 83.6. The largest absolute Gasteiger partial charge is 0.381 e. The van der Waals surface area contributed by atoms with Crippen LogP contribution in [0.5, 0.6) is 0 Å². The van der Waals surface area contributed by atoms with E-state index in [-0.39, 0.29) is 0 Å². The van der Waals surface area contributed by atoms with Crippen molar-refractivity contribution >= 4 is 11.8 Å². The molecule has 0 aromatic heterocycles. The van der Waals surface area contributed by atoms with Crippen molar-refractivity contribution in [1.82, 2.24) is 0 Å². The van der Waals surface area contributed by atoms with Crippen molar-refractivity contribution in [1.29, 1.82) is 0 Å². The molecule has 0 aliphatic heterocycles. The van der Waals surface area contributed by atoms with Crippen molar-refractivity contribution in [3.05, 3.63) is 12.7 Å². The van der Waals surface area contributed by atoms with Crippen molar-refractivity contribution < 1.29 is 4.74 Å². The molecule has 0 aliphatic rings. The number of rotatable bonds is 8. The molecule has 0 N–H and O–H groups in total. The first-order valence-electron chi connectivity index (χ1n) is 4.18. The summed E-state index contributed by atoms with van der Waals surface area (Å²) in [6, 6.07) is 0. The molecule has 0 aromatic carbocycles. The number of hydrogen-bond donors (Lipinski definition) is 0. The second kappa shape index (κ2) is 10.0. The summed E-state index contributed by atoms with van der Waals surface area (Å²) in [6.07, 6.45) is 4.34. The van der Waals surface area contributed by atoms with Gasteiger partial charge in [0.15, 0.2) is 0 Å². The molecule has 0 bridgehead atoms. The lowest BCUT2D eigenvalue weighted by atomic mass is 10.4. The predicted octanol–water partition coefficient (Wildman–Crippen LogP) is 2.72. The van der Waals surface area contributed by atoms with Gasteiger partial charge in [0.1, 0.15) is 0 Å². The van der Waals surface area contributed by atoms with E-state index in [2.05, 4.69) is 13.5 Å². The molecule has 0 aromatic rings. The van der Waals surface area contributed by atoms with Gasteiger partial charge in [-0.25, -0.2) is 0 Å². The normalized spacial score (nSPS) is 9.91. The highest BCUT2D eigenvalue weighted by molar-refractivity contribution is 7.99. The second-order valence-corrected chi connectivity index (χ2v) is 3.48. The first kappa shape index (κ1) is 11.1. The summed E-state index contributed by atoms with van der Waals surface area (Å²) in [5, 5.41) is 0. The molecule has 0 unspecified atom stereocenters. The maximum Gasteiger partial charge on any atom is 0.0556 e. The van der Waals surface area contributed by atoms with Gasteiger partial charge in [0, 0.05) is 18.1 Å². The van der Waals surface area contributed by atoms with Crippen LogP contribution < -0.4 is 0 Å². The van der Waals surface area contributed by atoms with E-state index in [9.17, 15) is 0 Å². The Hall–Kier alpha value is 0.0500. The van der Waals surface area contributed by atoms with E-state index in [4.69, 9.17) is 4.74 Å². The highest BCUT2D eigenvalue weighted by Gasteiger charge is 1.87. The first-order valence-corrected chi connectivity index (χ1v) is 5.33. The van der Waals surface area contributed by atoms with Crippen LogP contribution in [-0.4, -0.2) is 24.7 Å². The van der Waals surface area contributed by atoms with Gasteiger partial charge in [-0.1, -0.05) is 19.4 Å².